The first-order valence-corrected chi connectivity index (χ1v) is 10.1. The van der Waals surface area contributed by atoms with Crippen LogP contribution in [0.4, 0.5) is 17.3 Å². The first kappa shape index (κ1) is 19.6. The van der Waals surface area contributed by atoms with E-state index in [1.165, 1.54) is 0 Å². The van der Waals surface area contributed by atoms with Crippen LogP contribution in [0.2, 0.25) is 0 Å². The Bertz CT molecular complexity index is 1100. The standard InChI is InChI=1S/C20H22N4O3S/c1-13-6-5-7-16(10-13)21-19-8-9-20(23-22-19)24-28(25,26)18-12-14(2)17(27-4)11-15(18)3/h5-12H,1-4H3,(H,21,22)(H,23,24). The molecule has 2 N–H and O–H groups in total. The first-order valence-electron chi connectivity index (χ1n) is 8.64. The lowest BCUT2D eigenvalue weighted by Gasteiger charge is -2.13. The fourth-order valence-electron chi connectivity index (χ4n) is 2.79. The van der Waals surface area contributed by atoms with Gasteiger partial charge in [-0.1, -0.05) is 12.1 Å². The molecule has 2 aromatic carbocycles. The molecule has 7 nitrogen and oxygen atoms in total. The molecule has 0 aliphatic rings. The summed E-state index contributed by atoms with van der Waals surface area (Å²) in [5, 5.41) is 11.1. The Labute approximate surface area is 164 Å². The predicted octanol–water partition coefficient (Wildman–Crippen LogP) is 3.95. The maximum atomic E-state index is 12.8. The Kier molecular flexibility index (Phi) is 5.51. The van der Waals surface area contributed by atoms with Crippen LogP contribution in [0.5, 0.6) is 5.75 Å². The molecule has 1 heterocycles. The van der Waals surface area contributed by atoms with Gasteiger partial charge in [-0.3, -0.25) is 4.72 Å². The molecule has 0 unspecified atom stereocenters. The van der Waals surface area contributed by atoms with Gasteiger partial charge in [0.1, 0.15) is 5.75 Å². The van der Waals surface area contributed by atoms with Crippen molar-refractivity contribution in [3.05, 3.63) is 65.2 Å². The van der Waals surface area contributed by atoms with Crippen molar-refractivity contribution in [1.82, 2.24) is 10.2 Å². The summed E-state index contributed by atoms with van der Waals surface area (Å²) in [6.45, 7) is 5.51. The van der Waals surface area contributed by atoms with E-state index >= 15 is 0 Å². The quantitative estimate of drug-likeness (QED) is 0.653. The van der Waals surface area contributed by atoms with Crippen LogP contribution in [-0.4, -0.2) is 25.7 Å². The van der Waals surface area contributed by atoms with Gasteiger partial charge in [-0.15, -0.1) is 10.2 Å². The average molecular weight is 398 g/mol. The van der Waals surface area contributed by atoms with E-state index in [-0.39, 0.29) is 10.7 Å². The van der Waals surface area contributed by atoms with E-state index in [4.69, 9.17) is 4.74 Å². The average Bonchev–Trinajstić information content (AvgIpc) is 2.64. The summed E-state index contributed by atoms with van der Waals surface area (Å²) in [5.74, 6) is 1.30. The normalized spacial score (nSPS) is 11.1. The van der Waals surface area contributed by atoms with Gasteiger partial charge in [0.15, 0.2) is 11.6 Å². The highest BCUT2D eigenvalue weighted by Crippen LogP contribution is 2.27. The van der Waals surface area contributed by atoms with Crippen LogP contribution in [-0.2, 0) is 10.0 Å². The number of hydrogen-bond acceptors (Lipinski definition) is 6. The Morgan fingerprint density at radius 3 is 2.25 bits per heavy atom. The number of methoxy groups -OCH3 is 1. The van der Waals surface area contributed by atoms with Crippen LogP contribution in [0.3, 0.4) is 0 Å². The van der Waals surface area contributed by atoms with Crippen molar-refractivity contribution < 1.29 is 13.2 Å². The zero-order valence-electron chi connectivity index (χ0n) is 16.1. The molecule has 0 atom stereocenters. The molecule has 0 saturated carbocycles. The van der Waals surface area contributed by atoms with E-state index in [1.54, 1.807) is 45.2 Å². The van der Waals surface area contributed by atoms with Gasteiger partial charge in [-0.2, -0.15) is 0 Å². The molecule has 3 aromatic rings. The van der Waals surface area contributed by atoms with Crippen molar-refractivity contribution >= 4 is 27.3 Å². The Hall–Kier alpha value is -3.13. The van der Waals surface area contributed by atoms with Crippen LogP contribution in [0, 0.1) is 20.8 Å². The second-order valence-corrected chi connectivity index (χ2v) is 8.14. The molecule has 0 aliphatic heterocycles. The Balaban J connectivity index is 1.79. The van der Waals surface area contributed by atoms with E-state index in [1.807, 2.05) is 31.2 Å². The summed E-state index contributed by atoms with van der Waals surface area (Å²) in [6, 6.07) is 14.3. The highest BCUT2D eigenvalue weighted by Gasteiger charge is 2.19. The van der Waals surface area contributed by atoms with E-state index < -0.39 is 10.0 Å². The van der Waals surface area contributed by atoms with Crippen molar-refractivity contribution in [3.63, 3.8) is 0 Å². The largest absolute Gasteiger partial charge is 0.496 e. The molecule has 3 rings (SSSR count). The number of aryl methyl sites for hydroxylation is 3. The molecule has 28 heavy (non-hydrogen) atoms. The minimum absolute atomic E-state index is 0.141. The smallest absolute Gasteiger partial charge is 0.263 e. The maximum absolute atomic E-state index is 12.8. The minimum atomic E-state index is -3.80. The number of nitrogens with one attached hydrogen (secondary N) is 2. The molecule has 146 valence electrons. The molecule has 0 bridgehead atoms. The highest BCUT2D eigenvalue weighted by molar-refractivity contribution is 7.92. The Morgan fingerprint density at radius 1 is 0.893 bits per heavy atom. The van der Waals surface area contributed by atoms with E-state index in [0.29, 0.717) is 17.1 Å². The second-order valence-electron chi connectivity index (χ2n) is 6.49. The number of benzene rings is 2. The molecule has 0 saturated heterocycles. The summed E-state index contributed by atoms with van der Waals surface area (Å²) >= 11 is 0. The Morgan fingerprint density at radius 2 is 1.61 bits per heavy atom. The highest BCUT2D eigenvalue weighted by atomic mass is 32.2. The van der Waals surface area contributed by atoms with Gasteiger partial charge in [-0.05, 0) is 73.9 Å². The molecule has 0 radical (unpaired) electrons. The van der Waals surface area contributed by atoms with Crippen LogP contribution >= 0.6 is 0 Å². The van der Waals surface area contributed by atoms with Gasteiger partial charge < -0.3 is 10.1 Å². The predicted molar refractivity (Wildman–Crippen MR) is 110 cm³/mol. The molecule has 0 aliphatic carbocycles. The van der Waals surface area contributed by atoms with Gasteiger partial charge in [0.05, 0.1) is 12.0 Å². The van der Waals surface area contributed by atoms with Crippen LogP contribution in [0.1, 0.15) is 16.7 Å². The third kappa shape index (κ3) is 4.40. The first-order chi connectivity index (χ1) is 13.3. The number of rotatable bonds is 6. The summed E-state index contributed by atoms with van der Waals surface area (Å²) < 4.78 is 33.2. The third-order valence-electron chi connectivity index (χ3n) is 4.18. The topological polar surface area (TPSA) is 93.2 Å². The summed E-state index contributed by atoms with van der Waals surface area (Å²) in [6.07, 6.45) is 0. The molecular weight excluding hydrogens is 376 g/mol. The lowest BCUT2D eigenvalue weighted by atomic mass is 10.1. The fourth-order valence-corrected chi connectivity index (χ4v) is 4.10. The van der Waals surface area contributed by atoms with Gasteiger partial charge in [0.25, 0.3) is 10.0 Å². The van der Waals surface area contributed by atoms with Crippen molar-refractivity contribution in [2.24, 2.45) is 0 Å². The van der Waals surface area contributed by atoms with Gasteiger partial charge >= 0.3 is 0 Å². The van der Waals surface area contributed by atoms with Crippen molar-refractivity contribution in [2.75, 3.05) is 17.1 Å². The molecule has 0 amide bonds. The van der Waals surface area contributed by atoms with Crippen molar-refractivity contribution in [1.29, 1.82) is 0 Å². The maximum Gasteiger partial charge on any atom is 0.263 e. The molecule has 0 fully saturated rings. The molecule has 0 spiro atoms. The number of ether oxygens (including phenoxy) is 1. The summed E-state index contributed by atoms with van der Waals surface area (Å²) in [4.78, 5) is 0.176. The van der Waals surface area contributed by atoms with Crippen molar-refractivity contribution in [3.8, 4) is 5.75 Å². The van der Waals surface area contributed by atoms with Gasteiger partial charge in [-0.25, -0.2) is 8.42 Å². The summed E-state index contributed by atoms with van der Waals surface area (Å²) in [7, 11) is -2.25. The lowest BCUT2D eigenvalue weighted by Crippen LogP contribution is -2.16. The van der Waals surface area contributed by atoms with Gasteiger partial charge in [0.2, 0.25) is 0 Å². The molecule has 1 aromatic heterocycles. The number of nitrogens with zero attached hydrogens (tertiary/aromatic N) is 2. The zero-order valence-corrected chi connectivity index (χ0v) is 17.0. The number of hydrogen-bond donors (Lipinski definition) is 2. The van der Waals surface area contributed by atoms with Crippen molar-refractivity contribution in [2.45, 2.75) is 25.7 Å². The number of aromatic nitrogens is 2. The molecule has 8 heteroatoms. The van der Waals surface area contributed by atoms with Crippen LogP contribution in [0.25, 0.3) is 0 Å². The lowest BCUT2D eigenvalue weighted by molar-refractivity contribution is 0.411. The fraction of sp³-hybridized carbons (Fsp3) is 0.200. The van der Waals surface area contributed by atoms with E-state index in [9.17, 15) is 8.42 Å². The second kappa shape index (κ2) is 7.85. The SMILES string of the molecule is COc1cc(C)c(S(=O)(=O)Nc2ccc(Nc3cccc(C)c3)nn2)cc1C. The van der Waals surface area contributed by atoms with Crippen LogP contribution in [0.15, 0.2) is 53.4 Å². The summed E-state index contributed by atoms with van der Waals surface area (Å²) in [5.41, 5.74) is 3.32. The van der Waals surface area contributed by atoms with E-state index in [0.717, 1.165) is 16.8 Å². The van der Waals surface area contributed by atoms with Gasteiger partial charge in [0, 0.05) is 5.69 Å². The number of anilines is 3. The van der Waals surface area contributed by atoms with Crippen LogP contribution < -0.4 is 14.8 Å². The molecular formula is C20H22N4O3S. The number of sulfonamides is 1. The third-order valence-corrected chi connectivity index (χ3v) is 5.67. The zero-order chi connectivity index (χ0) is 20.3. The van der Waals surface area contributed by atoms with E-state index in [2.05, 4.69) is 20.2 Å². The minimum Gasteiger partial charge on any atom is -0.496 e. The monoisotopic (exact) mass is 398 g/mol.